The Morgan fingerprint density at radius 1 is 0.881 bits per heavy atom. The van der Waals surface area contributed by atoms with Crippen molar-refractivity contribution in [1.82, 2.24) is 25.4 Å². The van der Waals surface area contributed by atoms with Gasteiger partial charge in [-0.05, 0) is 85.8 Å². The highest BCUT2D eigenvalue weighted by Gasteiger charge is 2.20. The molecule has 2 aromatic carbocycles. The number of carbonyl (C=O) groups excluding carboxylic acids is 2. The number of piperidine rings is 1. The Hall–Kier alpha value is -4.94. The van der Waals surface area contributed by atoms with Gasteiger partial charge in [0, 0.05) is 48.5 Å². The van der Waals surface area contributed by atoms with Crippen LogP contribution in [0.25, 0.3) is 0 Å². The lowest BCUT2D eigenvalue weighted by molar-refractivity contribution is 0.0681. The van der Waals surface area contributed by atoms with Gasteiger partial charge in [0.25, 0.3) is 11.8 Å². The monoisotopic (exact) mass is 570 g/mol. The molecule has 5 N–H and O–H groups in total. The van der Waals surface area contributed by atoms with E-state index in [9.17, 15) is 14.0 Å². The smallest absolute Gasteiger partial charge is 0.274 e. The van der Waals surface area contributed by atoms with Crippen LogP contribution < -0.4 is 21.4 Å². The lowest BCUT2D eigenvalue weighted by Crippen LogP contribution is -2.46. The number of aliphatic hydroxyl groups is 1. The van der Waals surface area contributed by atoms with E-state index in [-0.39, 0.29) is 30.2 Å². The zero-order valence-electron chi connectivity index (χ0n) is 22.8. The Bertz CT molecular complexity index is 1500. The molecule has 2 amide bonds. The number of aliphatic hydroxyl groups excluding tert-OH is 1. The summed E-state index contributed by atoms with van der Waals surface area (Å²) in [5.74, 6) is -0.541. The zero-order chi connectivity index (χ0) is 29.3. The molecule has 42 heavy (non-hydrogen) atoms. The largest absolute Gasteiger partial charge is 0.396 e. The first-order chi connectivity index (χ1) is 20.5. The number of hydrazine groups is 1. The number of rotatable bonds is 10. The summed E-state index contributed by atoms with van der Waals surface area (Å²) in [6.45, 7) is 1.70. The summed E-state index contributed by atoms with van der Waals surface area (Å²) in [6, 6.07) is 18.6. The molecule has 0 atom stereocenters. The average Bonchev–Trinajstić information content (AvgIpc) is 3.01. The van der Waals surface area contributed by atoms with Crippen LogP contribution in [0.5, 0.6) is 0 Å². The quantitative estimate of drug-likeness (QED) is 0.186. The van der Waals surface area contributed by atoms with Gasteiger partial charge in [-0.15, -0.1) is 0 Å². The number of benzene rings is 2. The van der Waals surface area contributed by atoms with Crippen molar-refractivity contribution < 1.29 is 19.1 Å². The maximum atomic E-state index is 14.5. The van der Waals surface area contributed by atoms with Crippen molar-refractivity contribution in [3.05, 3.63) is 96.2 Å². The highest BCUT2D eigenvalue weighted by atomic mass is 19.1. The van der Waals surface area contributed by atoms with Crippen LogP contribution in [0.1, 0.15) is 40.1 Å². The van der Waals surface area contributed by atoms with Gasteiger partial charge in [-0.25, -0.2) is 14.4 Å². The van der Waals surface area contributed by atoms with Crippen molar-refractivity contribution in [3.63, 3.8) is 0 Å². The molecule has 0 bridgehead atoms. The molecule has 1 aliphatic heterocycles. The van der Waals surface area contributed by atoms with Crippen LogP contribution in [0.2, 0.25) is 0 Å². The third kappa shape index (κ3) is 7.62. The van der Waals surface area contributed by atoms with E-state index in [0.29, 0.717) is 34.2 Å². The molecule has 11 nitrogen and oxygen atoms in total. The van der Waals surface area contributed by atoms with Gasteiger partial charge in [-0.3, -0.25) is 20.0 Å². The Morgan fingerprint density at radius 2 is 1.57 bits per heavy atom. The molecule has 5 rings (SSSR count). The summed E-state index contributed by atoms with van der Waals surface area (Å²) in [5, 5.41) is 19.7. The minimum Gasteiger partial charge on any atom is -0.396 e. The first kappa shape index (κ1) is 28.6. The standard InChI is InChI=1S/C30H31FN8O3/c31-25-19-33-30(36-24-6-4-21(5-7-24)28(41)38-39-16-12-20(13-17-39)14-18-40)37-27(25)34-22-8-10-23(11-9-22)35-29(42)26-3-1-2-15-32-26/h1-11,15,19-20,40H,12-14,16-18H2,(H,35,42)(H,38,41)(H2,33,34,36,37). The van der Waals surface area contributed by atoms with E-state index >= 15 is 0 Å². The first-order valence-electron chi connectivity index (χ1n) is 13.6. The van der Waals surface area contributed by atoms with Gasteiger partial charge < -0.3 is 21.1 Å². The van der Waals surface area contributed by atoms with E-state index in [0.717, 1.165) is 38.5 Å². The van der Waals surface area contributed by atoms with Gasteiger partial charge in [-0.1, -0.05) is 6.07 Å². The first-order valence-corrected chi connectivity index (χ1v) is 13.6. The van der Waals surface area contributed by atoms with Crippen molar-refractivity contribution in [1.29, 1.82) is 0 Å². The number of anilines is 5. The summed E-state index contributed by atoms with van der Waals surface area (Å²) in [4.78, 5) is 37.2. The van der Waals surface area contributed by atoms with Gasteiger partial charge in [0.1, 0.15) is 5.69 Å². The van der Waals surface area contributed by atoms with Crippen LogP contribution in [-0.2, 0) is 0 Å². The maximum absolute atomic E-state index is 14.5. The predicted octanol–water partition coefficient (Wildman–Crippen LogP) is 4.49. The van der Waals surface area contributed by atoms with Crippen molar-refractivity contribution >= 4 is 40.6 Å². The van der Waals surface area contributed by atoms with Gasteiger partial charge in [0.05, 0.1) is 6.20 Å². The molecule has 1 aliphatic rings. The van der Waals surface area contributed by atoms with Crippen molar-refractivity contribution in [3.8, 4) is 0 Å². The summed E-state index contributed by atoms with van der Waals surface area (Å²) < 4.78 is 14.5. The second-order valence-electron chi connectivity index (χ2n) is 9.85. The molecule has 0 aliphatic carbocycles. The van der Waals surface area contributed by atoms with E-state index in [4.69, 9.17) is 5.11 Å². The molecule has 0 unspecified atom stereocenters. The van der Waals surface area contributed by atoms with Gasteiger partial charge >= 0.3 is 0 Å². The number of hydrogen-bond donors (Lipinski definition) is 5. The van der Waals surface area contributed by atoms with Gasteiger partial charge in [0.2, 0.25) is 5.95 Å². The number of aromatic nitrogens is 3. The predicted molar refractivity (Wildman–Crippen MR) is 157 cm³/mol. The highest BCUT2D eigenvalue weighted by Crippen LogP contribution is 2.23. The summed E-state index contributed by atoms with van der Waals surface area (Å²) >= 11 is 0. The zero-order valence-corrected chi connectivity index (χ0v) is 22.8. The maximum Gasteiger partial charge on any atom is 0.274 e. The van der Waals surface area contributed by atoms with Crippen LogP contribution in [0.3, 0.4) is 0 Å². The Balaban J connectivity index is 1.15. The van der Waals surface area contributed by atoms with Crippen LogP contribution >= 0.6 is 0 Å². The molecular formula is C30H31FN8O3. The number of carbonyl (C=O) groups is 2. The van der Waals surface area contributed by atoms with Crippen molar-refractivity contribution in [2.45, 2.75) is 19.3 Å². The van der Waals surface area contributed by atoms with Crippen LogP contribution in [-0.4, -0.2) is 56.6 Å². The highest BCUT2D eigenvalue weighted by molar-refractivity contribution is 6.02. The Morgan fingerprint density at radius 3 is 2.26 bits per heavy atom. The van der Waals surface area contributed by atoms with E-state index in [1.807, 2.05) is 5.01 Å². The number of hydrogen-bond acceptors (Lipinski definition) is 9. The fourth-order valence-corrected chi connectivity index (χ4v) is 4.54. The molecule has 216 valence electrons. The van der Waals surface area contributed by atoms with E-state index in [2.05, 4.69) is 36.3 Å². The van der Waals surface area contributed by atoms with E-state index < -0.39 is 5.82 Å². The fraction of sp³-hybridized carbons (Fsp3) is 0.233. The van der Waals surface area contributed by atoms with Crippen LogP contribution in [0, 0.1) is 11.7 Å². The topological polar surface area (TPSA) is 144 Å². The second kappa shape index (κ2) is 13.6. The van der Waals surface area contributed by atoms with Crippen LogP contribution in [0.15, 0.2) is 79.1 Å². The number of amides is 2. The molecule has 4 aromatic rings. The molecule has 2 aromatic heterocycles. The SMILES string of the molecule is O=C(NN1CCC(CCO)CC1)c1ccc(Nc2ncc(F)c(Nc3ccc(NC(=O)c4ccccn4)cc3)n2)cc1. The lowest BCUT2D eigenvalue weighted by Gasteiger charge is -2.31. The third-order valence-electron chi connectivity index (χ3n) is 6.86. The molecule has 1 saturated heterocycles. The van der Waals surface area contributed by atoms with E-state index in [1.54, 1.807) is 72.9 Å². The Labute approximate surface area is 242 Å². The van der Waals surface area contributed by atoms with Crippen LogP contribution in [0.4, 0.5) is 33.2 Å². The molecule has 12 heteroatoms. The summed E-state index contributed by atoms with van der Waals surface area (Å²) in [5.41, 5.74) is 5.48. The summed E-state index contributed by atoms with van der Waals surface area (Å²) in [6.07, 6.45) is 5.28. The average molecular weight is 571 g/mol. The fourth-order valence-electron chi connectivity index (χ4n) is 4.54. The second-order valence-corrected chi connectivity index (χ2v) is 9.85. The number of nitrogens with zero attached hydrogens (tertiary/aromatic N) is 4. The molecular weight excluding hydrogens is 539 g/mol. The number of nitrogens with one attached hydrogen (secondary N) is 4. The lowest BCUT2D eigenvalue weighted by atomic mass is 9.95. The summed E-state index contributed by atoms with van der Waals surface area (Å²) in [7, 11) is 0. The molecule has 3 heterocycles. The molecule has 1 fully saturated rings. The third-order valence-corrected chi connectivity index (χ3v) is 6.86. The van der Waals surface area contributed by atoms with Gasteiger partial charge in [0.15, 0.2) is 11.6 Å². The minimum absolute atomic E-state index is 0.0310. The molecule has 0 saturated carbocycles. The van der Waals surface area contributed by atoms with E-state index in [1.165, 1.54) is 0 Å². The van der Waals surface area contributed by atoms with Crippen molar-refractivity contribution in [2.24, 2.45) is 5.92 Å². The minimum atomic E-state index is -0.638. The molecule has 0 spiro atoms. The normalized spacial score (nSPS) is 13.8. The number of halogens is 1. The Kier molecular flexibility index (Phi) is 9.27. The molecule has 0 radical (unpaired) electrons. The van der Waals surface area contributed by atoms with Gasteiger partial charge in [-0.2, -0.15) is 4.98 Å². The van der Waals surface area contributed by atoms with Crippen molar-refractivity contribution in [2.75, 3.05) is 35.6 Å². The number of pyridine rings is 1.